The maximum absolute atomic E-state index is 12.5. The first-order valence-electron chi connectivity index (χ1n) is 6.39. The summed E-state index contributed by atoms with van der Waals surface area (Å²) >= 11 is 0. The molecule has 0 heterocycles. The Bertz CT molecular complexity index is 281. The van der Waals surface area contributed by atoms with E-state index in [9.17, 15) is 18.0 Å². The van der Waals surface area contributed by atoms with Crippen LogP contribution in [0.4, 0.5) is 13.2 Å². The molecule has 0 radical (unpaired) electrons. The second kappa shape index (κ2) is 6.41. The minimum Gasteiger partial charge on any atom is -0.481 e. The van der Waals surface area contributed by atoms with Crippen LogP contribution in [-0.2, 0) is 4.79 Å². The summed E-state index contributed by atoms with van der Waals surface area (Å²) in [5.41, 5.74) is 0. The van der Waals surface area contributed by atoms with Crippen molar-refractivity contribution in [1.82, 2.24) is 5.32 Å². The van der Waals surface area contributed by atoms with E-state index in [1.807, 2.05) is 6.92 Å². The molecule has 106 valence electrons. The predicted octanol–water partition coefficient (Wildman–Crippen LogP) is 2.81. The summed E-state index contributed by atoms with van der Waals surface area (Å²) in [6.07, 6.45) is 0.188. The Hall–Kier alpha value is -0.780. The third kappa shape index (κ3) is 4.15. The van der Waals surface area contributed by atoms with E-state index in [2.05, 4.69) is 5.32 Å². The van der Waals surface area contributed by atoms with Gasteiger partial charge in [-0.1, -0.05) is 26.2 Å². The fourth-order valence-electron chi connectivity index (χ4n) is 2.58. The SMILES string of the molecule is CCC1CCCCC1NCC(C(=O)O)C(F)(F)F. The lowest BCUT2D eigenvalue weighted by Crippen LogP contribution is -2.46. The van der Waals surface area contributed by atoms with Crippen molar-refractivity contribution in [2.75, 3.05) is 6.54 Å². The second-order valence-corrected chi connectivity index (χ2v) is 4.90. The van der Waals surface area contributed by atoms with E-state index >= 15 is 0 Å². The summed E-state index contributed by atoms with van der Waals surface area (Å²) in [6.45, 7) is 1.49. The summed E-state index contributed by atoms with van der Waals surface area (Å²) in [5, 5.41) is 11.4. The van der Waals surface area contributed by atoms with Gasteiger partial charge in [0.1, 0.15) is 0 Å². The zero-order valence-electron chi connectivity index (χ0n) is 10.5. The van der Waals surface area contributed by atoms with Gasteiger partial charge in [-0.25, -0.2) is 0 Å². The van der Waals surface area contributed by atoms with E-state index in [1.54, 1.807) is 0 Å². The van der Waals surface area contributed by atoms with E-state index in [0.717, 1.165) is 32.1 Å². The lowest BCUT2D eigenvalue weighted by atomic mass is 9.82. The molecule has 0 spiro atoms. The molecule has 0 aromatic carbocycles. The van der Waals surface area contributed by atoms with Gasteiger partial charge in [-0.3, -0.25) is 4.79 Å². The molecule has 18 heavy (non-hydrogen) atoms. The van der Waals surface area contributed by atoms with Crippen molar-refractivity contribution in [3.63, 3.8) is 0 Å². The summed E-state index contributed by atoms with van der Waals surface area (Å²) in [6, 6.07) is 0.0212. The third-order valence-electron chi connectivity index (χ3n) is 3.71. The number of halogens is 3. The zero-order chi connectivity index (χ0) is 13.8. The standard InChI is InChI=1S/C12H20F3NO2/c1-2-8-5-3-4-6-10(8)16-7-9(11(17)18)12(13,14)15/h8-10,16H,2-7H2,1H3,(H,17,18). The Kier molecular flexibility index (Phi) is 5.44. The first-order valence-corrected chi connectivity index (χ1v) is 6.39. The Morgan fingerprint density at radius 2 is 2.00 bits per heavy atom. The lowest BCUT2D eigenvalue weighted by Gasteiger charge is -2.32. The number of aliphatic carboxylic acids is 1. The fourth-order valence-corrected chi connectivity index (χ4v) is 2.58. The number of carboxylic acids is 1. The monoisotopic (exact) mass is 267 g/mol. The van der Waals surface area contributed by atoms with Crippen LogP contribution >= 0.6 is 0 Å². The molecule has 0 saturated heterocycles. The van der Waals surface area contributed by atoms with Crippen molar-refractivity contribution in [2.45, 2.75) is 51.2 Å². The third-order valence-corrected chi connectivity index (χ3v) is 3.71. The highest BCUT2D eigenvalue weighted by molar-refractivity contribution is 5.71. The number of carboxylic acid groups (broad SMARTS) is 1. The minimum absolute atomic E-state index is 0.0212. The fraction of sp³-hybridized carbons (Fsp3) is 0.917. The van der Waals surface area contributed by atoms with Crippen molar-refractivity contribution < 1.29 is 23.1 Å². The minimum atomic E-state index is -4.69. The first-order chi connectivity index (χ1) is 8.36. The van der Waals surface area contributed by atoms with Gasteiger partial charge >= 0.3 is 12.1 Å². The van der Waals surface area contributed by atoms with Gasteiger partial charge in [0.15, 0.2) is 5.92 Å². The number of nitrogens with one attached hydrogen (secondary N) is 1. The molecule has 0 aromatic heterocycles. The Balaban J connectivity index is 2.53. The maximum Gasteiger partial charge on any atom is 0.403 e. The van der Waals surface area contributed by atoms with Crippen molar-refractivity contribution in [1.29, 1.82) is 0 Å². The molecule has 6 heteroatoms. The smallest absolute Gasteiger partial charge is 0.403 e. The van der Waals surface area contributed by atoms with E-state index < -0.39 is 24.6 Å². The van der Waals surface area contributed by atoms with Gasteiger partial charge in [0.25, 0.3) is 0 Å². The summed E-state index contributed by atoms with van der Waals surface area (Å²) in [4.78, 5) is 10.6. The molecule has 0 aliphatic heterocycles. The maximum atomic E-state index is 12.5. The normalized spacial score (nSPS) is 26.9. The molecule has 1 rings (SSSR count). The number of carbonyl (C=O) groups is 1. The Morgan fingerprint density at radius 1 is 1.39 bits per heavy atom. The molecule has 1 aliphatic rings. The molecule has 3 atom stereocenters. The van der Waals surface area contributed by atoms with Crippen LogP contribution in [0, 0.1) is 11.8 Å². The van der Waals surface area contributed by atoms with E-state index in [4.69, 9.17) is 5.11 Å². The number of alkyl halides is 3. The predicted molar refractivity (Wildman–Crippen MR) is 61.2 cm³/mol. The van der Waals surface area contributed by atoms with Gasteiger partial charge in [-0.2, -0.15) is 13.2 Å². The quantitative estimate of drug-likeness (QED) is 0.805. The summed E-state index contributed by atoms with van der Waals surface area (Å²) in [7, 11) is 0. The molecule has 0 bridgehead atoms. The Morgan fingerprint density at radius 3 is 2.50 bits per heavy atom. The van der Waals surface area contributed by atoms with Crippen LogP contribution in [0.5, 0.6) is 0 Å². The highest BCUT2D eigenvalue weighted by Crippen LogP contribution is 2.29. The molecular formula is C12H20F3NO2. The molecule has 2 N–H and O–H groups in total. The van der Waals surface area contributed by atoms with Crippen molar-refractivity contribution >= 4 is 5.97 Å². The highest BCUT2D eigenvalue weighted by Gasteiger charge is 2.45. The average molecular weight is 267 g/mol. The Labute approximate surface area is 105 Å². The number of rotatable bonds is 5. The van der Waals surface area contributed by atoms with Crippen LogP contribution < -0.4 is 5.32 Å². The number of hydrogen-bond donors (Lipinski definition) is 2. The zero-order valence-corrected chi connectivity index (χ0v) is 10.5. The van der Waals surface area contributed by atoms with Gasteiger partial charge in [0.05, 0.1) is 0 Å². The van der Waals surface area contributed by atoms with Crippen molar-refractivity contribution in [3.05, 3.63) is 0 Å². The lowest BCUT2D eigenvalue weighted by molar-refractivity contribution is -0.192. The van der Waals surface area contributed by atoms with Crippen LogP contribution in [0.2, 0.25) is 0 Å². The van der Waals surface area contributed by atoms with Crippen molar-refractivity contribution in [2.24, 2.45) is 11.8 Å². The van der Waals surface area contributed by atoms with Crippen LogP contribution in [0.25, 0.3) is 0 Å². The van der Waals surface area contributed by atoms with Gasteiger partial charge in [0, 0.05) is 12.6 Å². The van der Waals surface area contributed by atoms with Gasteiger partial charge in [-0.05, 0) is 18.8 Å². The van der Waals surface area contributed by atoms with E-state index in [-0.39, 0.29) is 6.04 Å². The molecule has 3 nitrogen and oxygen atoms in total. The highest BCUT2D eigenvalue weighted by atomic mass is 19.4. The summed E-state index contributed by atoms with van der Waals surface area (Å²) < 4.78 is 37.4. The molecular weight excluding hydrogens is 247 g/mol. The largest absolute Gasteiger partial charge is 0.481 e. The van der Waals surface area contributed by atoms with Crippen LogP contribution in [0.15, 0.2) is 0 Å². The van der Waals surface area contributed by atoms with E-state index in [0.29, 0.717) is 5.92 Å². The first kappa shape index (κ1) is 15.3. The van der Waals surface area contributed by atoms with Crippen molar-refractivity contribution in [3.8, 4) is 0 Å². The van der Waals surface area contributed by atoms with Gasteiger partial charge in [-0.15, -0.1) is 0 Å². The molecule has 1 aliphatic carbocycles. The van der Waals surface area contributed by atoms with Crippen LogP contribution in [0.1, 0.15) is 39.0 Å². The van der Waals surface area contributed by atoms with E-state index in [1.165, 1.54) is 0 Å². The van der Waals surface area contributed by atoms with Crippen LogP contribution in [0.3, 0.4) is 0 Å². The second-order valence-electron chi connectivity index (χ2n) is 4.90. The van der Waals surface area contributed by atoms with Gasteiger partial charge in [0.2, 0.25) is 0 Å². The molecule has 0 amide bonds. The molecule has 0 aromatic rings. The summed E-state index contributed by atoms with van der Waals surface area (Å²) in [5.74, 6) is -3.75. The number of hydrogen-bond acceptors (Lipinski definition) is 2. The molecule has 1 saturated carbocycles. The molecule has 1 fully saturated rings. The topological polar surface area (TPSA) is 49.3 Å². The molecule has 3 unspecified atom stereocenters. The van der Waals surface area contributed by atoms with Gasteiger partial charge < -0.3 is 10.4 Å². The van der Waals surface area contributed by atoms with Crippen LogP contribution in [-0.4, -0.2) is 29.8 Å². The average Bonchev–Trinajstić information content (AvgIpc) is 2.27.